The third-order valence-corrected chi connectivity index (χ3v) is 5.29. The van der Waals surface area contributed by atoms with E-state index in [0.717, 1.165) is 6.42 Å². The molecule has 0 N–H and O–H groups in total. The predicted octanol–water partition coefficient (Wildman–Crippen LogP) is 6.57. The van der Waals surface area contributed by atoms with Crippen LogP contribution in [0.3, 0.4) is 0 Å². The van der Waals surface area contributed by atoms with Gasteiger partial charge in [0, 0.05) is 6.04 Å². The zero-order chi connectivity index (χ0) is 17.1. The number of alkyl halides is 3. The molecule has 1 saturated heterocycles. The molecule has 1 unspecified atom stereocenters. The van der Waals surface area contributed by atoms with Gasteiger partial charge in [-0.2, -0.15) is 13.2 Å². The minimum atomic E-state index is -4.00. The molecule has 1 heterocycles. The summed E-state index contributed by atoms with van der Waals surface area (Å²) in [6.45, 7) is 5.69. The van der Waals surface area contributed by atoms with E-state index in [1.807, 2.05) is 0 Å². The predicted molar refractivity (Wildman–Crippen MR) is 91.7 cm³/mol. The van der Waals surface area contributed by atoms with Gasteiger partial charge in [-0.15, -0.1) is 0 Å². The van der Waals surface area contributed by atoms with Crippen LogP contribution < -0.4 is 0 Å². The van der Waals surface area contributed by atoms with E-state index in [2.05, 4.69) is 18.7 Å². The first kappa shape index (κ1) is 20.8. The summed E-state index contributed by atoms with van der Waals surface area (Å²) in [5, 5.41) is 0. The van der Waals surface area contributed by atoms with E-state index in [1.165, 1.54) is 57.8 Å². The number of likely N-dealkylation sites (tertiary alicyclic amines) is 1. The molecule has 1 nitrogen and oxygen atoms in total. The highest BCUT2D eigenvalue weighted by molar-refractivity contribution is 4.81. The van der Waals surface area contributed by atoms with Gasteiger partial charge in [-0.1, -0.05) is 65.2 Å². The normalized spacial score (nSPS) is 19.2. The van der Waals surface area contributed by atoms with Crippen LogP contribution in [0, 0.1) is 5.92 Å². The van der Waals surface area contributed by atoms with Gasteiger partial charge in [0.15, 0.2) is 0 Å². The molecule has 0 aliphatic carbocycles. The van der Waals surface area contributed by atoms with Crippen LogP contribution in [0.1, 0.15) is 90.9 Å². The quantitative estimate of drug-likeness (QED) is 0.386. The van der Waals surface area contributed by atoms with Crippen LogP contribution in [0.2, 0.25) is 0 Å². The molecule has 4 heteroatoms. The molecule has 0 aromatic carbocycles. The number of halogens is 3. The molecule has 0 radical (unpaired) electrons. The lowest BCUT2D eigenvalue weighted by molar-refractivity contribution is -0.186. The first-order valence-electron chi connectivity index (χ1n) is 9.79. The van der Waals surface area contributed by atoms with Crippen LogP contribution in [0.25, 0.3) is 0 Å². The molecule has 1 aliphatic rings. The summed E-state index contributed by atoms with van der Waals surface area (Å²) < 4.78 is 38.5. The number of rotatable bonds is 11. The van der Waals surface area contributed by atoms with Gasteiger partial charge in [-0.3, -0.25) is 0 Å². The summed E-state index contributed by atoms with van der Waals surface area (Å²) in [6, 6.07) is 0.511. The molecule has 138 valence electrons. The number of nitrogens with zero attached hydrogens (tertiary/aromatic N) is 1. The van der Waals surface area contributed by atoms with Gasteiger partial charge in [0.25, 0.3) is 0 Å². The van der Waals surface area contributed by atoms with Crippen molar-refractivity contribution in [2.75, 3.05) is 13.1 Å². The van der Waals surface area contributed by atoms with Crippen molar-refractivity contribution < 1.29 is 13.2 Å². The Morgan fingerprint density at radius 3 is 1.83 bits per heavy atom. The van der Waals surface area contributed by atoms with E-state index in [1.54, 1.807) is 0 Å². The lowest BCUT2D eigenvalue weighted by Gasteiger charge is -2.38. The van der Waals surface area contributed by atoms with Crippen molar-refractivity contribution in [3.8, 4) is 0 Å². The van der Waals surface area contributed by atoms with Crippen LogP contribution >= 0.6 is 0 Å². The van der Waals surface area contributed by atoms with E-state index >= 15 is 0 Å². The summed E-state index contributed by atoms with van der Waals surface area (Å²) in [4.78, 5) is 2.36. The Hall–Kier alpha value is -0.250. The highest BCUT2D eigenvalue weighted by atomic mass is 19.4. The van der Waals surface area contributed by atoms with E-state index < -0.39 is 12.1 Å². The van der Waals surface area contributed by atoms with E-state index in [-0.39, 0.29) is 0 Å². The third-order valence-electron chi connectivity index (χ3n) is 5.29. The van der Waals surface area contributed by atoms with Crippen LogP contribution in [0.5, 0.6) is 0 Å². The first-order chi connectivity index (χ1) is 11.0. The third kappa shape index (κ3) is 8.42. The zero-order valence-corrected chi connectivity index (χ0v) is 15.1. The molecule has 0 saturated carbocycles. The van der Waals surface area contributed by atoms with E-state index in [4.69, 9.17) is 0 Å². The number of unbranched alkanes of at least 4 members (excludes halogenated alkanes) is 6. The lowest BCUT2D eigenvalue weighted by Crippen LogP contribution is -2.44. The second kappa shape index (κ2) is 11.3. The monoisotopic (exact) mass is 335 g/mol. The Morgan fingerprint density at radius 2 is 1.30 bits per heavy atom. The molecule has 0 amide bonds. The summed E-state index contributed by atoms with van der Waals surface area (Å²) in [5.41, 5.74) is 0. The SMILES string of the molecule is CCCCCCCC(CCCCC)N1CCC(C(F)(F)F)CC1. The Labute approximate surface area is 141 Å². The van der Waals surface area contributed by atoms with Crippen molar-refractivity contribution in [2.24, 2.45) is 5.92 Å². The summed E-state index contributed by atoms with van der Waals surface area (Å²) in [5.74, 6) is -1.07. The Bertz CT molecular complexity index is 283. The molecule has 0 spiro atoms. The number of piperidine rings is 1. The van der Waals surface area contributed by atoms with Crippen molar-refractivity contribution in [2.45, 2.75) is 103 Å². The number of hydrogen-bond acceptors (Lipinski definition) is 1. The van der Waals surface area contributed by atoms with Crippen molar-refractivity contribution in [3.05, 3.63) is 0 Å². The van der Waals surface area contributed by atoms with Gasteiger partial charge in [-0.25, -0.2) is 0 Å². The van der Waals surface area contributed by atoms with Gasteiger partial charge in [-0.05, 0) is 38.8 Å². The highest BCUT2D eigenvalue weighted by Gasteiger charge is 2.41. The second-order valence-electron chi connectivity index (χ2n) is 7.20. The molecule has 0 aromatic rings. The van der Waals surface area contributed by atoms with Crippen LogP contribution in [-0.2, 0) is 0 Å². The fourth-order valence-electron chi connectivity index (χ4n) is 3.71. The molecular weight excluding hydrogens is 299 g/mol. The number of hydrogen-bond donors (Lipinski definition) is 0. The van der Waals surface area contributed by atoms with Crippen molar-refractivity contribution >= 4 is 0 Å². The average Bonchev–Trinajstić information content (AvgIpc) is 2.52. The van der Waals surface area contributed by atoms with E-state index in [9.17, 15) is 13.2 Å². The largest absolute Gasteiger partial charge is 0.391 e. The fraction of sp³-hybridized carbons (Fsp3) is 1.00. The molecule has 0 aromatic heterocycles. The van der Waals surface area contributed by atoms with Gasteiger partial charge >= 0.3 is 6.18 Å². The Balaban J connectivity index is 2.39. The lowest BCUT2D eigenvalue weighted by atomic mass is 9.92. The topological polar surface area (TPSA) is 3.24 Å². The minimum Gasteiger partial charge on any atom is -0.300 e. The standard InChI is InChI=1S/C19H36F3N/c1-3-5-7-8-10-12-18(11-9-6-4-2)23-15-13-17(14-16-23)19(20,21)22/h17-18H,3-16H2,1-2H3. The van der Waals surface area contributed by atoms with Gasteiger partial charge in [0.2, 0.25) is 0 Å². The molecule has 1 atom stereocenters. The molecule has 1 rings (SSSR count). The second-order valence-corrected chi connectivity index (χ2v) is 7.20. The molecule has 1 aliphatic heterocycles. The smallest absolute Gasteiger partial charge is 0.300 e. The average molecular weight is 335 g/mol. The Morgan fingerprint density at radius 1 is 0.826 bits per heavy atom. The van der Waals surface area contributed by atoms with Crippen LogP contribution in [0.15, 0.2) is 0 Å². The minimum absolute atomic E-state index is 0.295. The maximum Gasteiger partial charge on any atom is 0.391 e. The fourth-order valence-corrected chi connectivity index (χ4v) is 3.71. The van der Waals surface area contributed by atoms with Crippen molar-refractivity contribution in [1.29, 1.82) is 0 Å². The summed E-state index contributed by atoms with van der Waals surface area (Å²) >= 11 is 0. The van der Waals surface area contributed by atoms with Crippen LogP contribution in [0.4, 0.5) is 13.2 Å². The van der Waals surface area contributed by atoms with Gasteiger partial charge in [0.05, 0.1) is 5.92 Å². The zero-order valence-electron chi connectivity index (χ0n) is 15.1. The Kier molecular flexibility index (Phi) is 10.2. The van der Waals surface area contributed by atoms with Crippen LogP contribution in [-0.4, -0.2) is 30.2 Å². The first-order valence-corrected chi connectivity index (χ1v) is 9.79. The summed E-state index contributed by atoms with van der Waals surface area (Å²) in [6.07, 6.45) is 8.96. The molecule has 0 bridgehead atoms. The van der Waals surface area contributed by atoms with Crippen molar-refractivity contribution in [3.63, 3.8) is 0 Å². The van der Waals surface area contributed by atoms with E-state index in [0.29, 0.717) is 32.0 Å². The maximum absolute atomic E-state index is 12.8. The molecule has 1 fully saturated rings. The maximum atomic E-state index is 12.8. The summed E-state index contributed by atoms with van der Waals surface area (Å²) in [7, 11) is 0. The van der Waals surface area contributed by atoms with Gasteiger partial charge < -0.3 is 4.90 Å². The molecular formula is C19H36F3N. The van der Waals surface area contributed by atoms with Gasteiger partial charge in [0.1, 0.15) is 0 Å². The molecule has 23 heavy (non-hydrogen) atoms. The highest BCUT2D eigenvalue weighted by Crippen LogP contribution is 2.35. The van der Waals surface area contributed by atoms with Crippen molar-refractivity contribution in [1.82, 2.24) is 4.90 Å².